The molecule has 0 aliphatic rings. The summed E-state index contributed by atoms with van der Waals surface area (Å²) in [7, 11) is 0. The van der Waals surface area contributed by atoms with E-state index in [1.807, 2.05) is 0 Å². The number of aliphatic hydroxyl groups excluding tert-OH is 1. The van der Waals surface area contributed by atoms with Crippen molar-refractivity contribution in [2.24, 2.45) is 5.92 Å². The van der Waals surface area contributed by atoms with Crippen LogP contribution in [0.3, 0.4) is 0 Å². The number of ketones is 1. The van der Waals surface area contributed by atoms with Gasteiger partial charge in [-0.15, -0.1) is 0 Å². The van der Waals surface area contributed by atoms with Gasteiger partial charge in [0, 0.05) is 0 Å². The van der Waals surface area contributed by atoms with Gasteiger partial charge in [0.15, 0.2) is 5.78 Å². The van der Waals surface area contributed by atoms with Crippen LogP contribution in [-0.4, -0.2) is 28.6 Å². The standard InChI is InChI=1S/C7H10O4/c1-4(2)6(9)5(3-8)7(10)11/h5,8H,1,3H2,2H3,(H,10,11). The van der Waals surface area contributed by atoms with Crippen molar-refractivity contribution in [1.29, 1.82) is 0 Å². The number of carbonyl (C=O) groups excluding carboxylic acids is 1. The zero-order valence-electron chi connectivity index (χ0n) is 6.20. The molecule has 0 rings (SSSR count). The summed E-state index contributed by atoms with van der Waals surface area (Å²) in [4.78, 5) is 21.1. The molecule has 0 amide bonds. The molecule has 0 bridgehead atoms. The van der Waals surface area contributed by atoms with E-state index in [1.54, 1.807) is 0 Å². The molecular formula is C7H10O4. The van der Waals surface area contributed by atoms with Crippen LogP contribution in [0, 0.1) is 5.92 Å². The Morgan fingerprint density at radius 1 is 1.55 bits per heavy atom. The third-order valence-corrected chi connectivity index (χ3v) is 1.22. The van der Waals surface area contributed by atoms with Gasteiger partial charge in [0.2, 0.25) is 0 Å². The number of hydrogen-bond acceptors (Lipinski definition) is 3. The first kappa shape index (κ1) is 9.84. The van der Waals surface area contributed by atoms with Gasteiger partial charge < -0.3 is 10.2 Å². The van der Waals surface area contributed by atoms with Crippen LogP contribution in [0.5, 0.6) is 0 Å². The Labute approximate surface area is 64.2 Å². The van der Waals surface area contributed by atoms with Crippen LogP contribution in [0.1, 0.15) is 6.92 Å². The molecule has 4 heteroatoms. The zero-order valence-corrected chi connectivity index (χ0v) is 6.20. The molecule has 0 fully saturated rings. The fourth-order valence-electron chi connectivity index (χ4n) is 0.571. The summed E-state index contributed by atoms with van der Waals surface area (Å²) < 4.78 is 0. The minimum absolute atomic E-state index is 0.145. The van der Waals surface area contributed by atoms with Crippen LogP contribution in [0.2, 0.25) is 0 Å². The van der Waals surface area contributed by atoms with Gasteiger partial charge in [0.25, 0.3) is 0 Å². The van der Waals surface area contributed by atoms with Crippen molar-refractivity contribution in [3.8, 4) is 0 Å². The van der Waals surface area contributed by atoms with E-state index < -0.39 is 24.3 Å². The van der Waals surface area contributed by atoms with E-state index in [9.17, 15) is 9.59 Å². The van der Waals surface area contributed by atoms with Gasteiger partial charge >= 0.3 is 5.97 Å². The lowest BCUT2D eigenvalue weighted by molar-refractivity contribution is -0.146. The van der Waals surface area contributed by atoms with Crippen LogP contribution in [0.4, 0.5) is 0 Å². The molecule has 0 aromatic carbocycles. The van der Waals surface area contributed by atoms with Crippen molar-refractivity contribution in [3.63, 3.8) is 0 Å². The fraction of sp³-hybridized carbons (Fsp3) is 0.429. The minimum atomic E-state index is -1.35. The maximum absolute atomic E-state index is 10.9. The summed E-state index contributed by atoms with van der Waals surface area (Å²) in [5, 5.41) is 16.8. The molecule has 0 aromatic rings. The number of allylic oxidation sites excluding steroid dienone is 1. The molecule has 1 unspecified atom stereocenters. The van der Waals surface area contributed by atoms with E-state index in [-0.39, 0.29) is 5.57 Å². The van der Waals surface area contributed by atoms with Crippen LogP contribution in [-0.2, 0) is 9.59 Å². The van der Waals surface area contributed by atoms with E-state index in [0.29, 0.717) is 0 Å². The average molecular weight is 158 g/mol. The van der Waals surface area contributed by atoms with Crippen LogP contribution in [0.25, 0.3) is 0 Å². The Balaban J connectivity index is 4.39. The SMILES string of the molecule is C=C(C)C(=O)C(CO)C(=O)O. The number of aliphatic carboxylic acids is 1. The van der Waals surface area contributed by atoms with Crippen molar-refractivity contribution >= 4 is 11.8 Å². The fourth-order valence-corrected chi connectivity index (χ4v) is 0.571. The van der Waals surface area contributed by atoms with Gasteiger partial charge in [-0.2, -0.15) is 0 Å². The van der Waals surface area contributed by atoms with E-state index in [1.165, 1.54) is 6.92 Å². The number of carboxylic acids is 1. The highest BCUT2D eigenvalue weighted by Gasteiger charge is 2.24. The highest BCUT2D eigenvalue weighted by atomic mass is 16.4. The van der Waals surface area contributed by atoms with Gasteiger partial charge in [-0.1, -0.05) is 6.58 Å². The van der Waals surface area contributed by atoms with Crippen molar-refractivity contribution in [2.45, 2.75) is 6.92 Å². The highest BCUT2D eigenvalue weighted by molar-refractivity contribution is 6.07. The third kappa shape index (κ3) is 2.51. The summed E-state index contributed by atoms with van der Waals surface area (Å²) in [6, 6.07) is 0. The monoisotopic (exact) mass is 158 g/mol. The molecule has 0 heterocycles. The van der Waals surface area contributed by atoms with Gasteiger partial charge in [-0.05, 0) is 12.5 Å². The van der Waals surface area contributed by atoms with Crippen LogP contribution >= 0.6 is 0 Å². The quantitative estimate of drug-likeness (QED) is 0.440. The summed E-state index contributed by atoms with van der Waals surface area (Å²) in [5.41, 5.74) is 0.145. The summed E-state index contributed by atoms with van der Waals surface area (Å²) in [5.74, 6) is -3.30. The first-order valence-electron chi connectivity index (χ1n) is 3.04. The number of rotatable bonds is 4. The summed E-state index contributed by atoms with van der Waals surface area (Å²) in [6.07, 6.45) is 0. The molecule has 1 atom stereocenters. The van der Waals surface area contributed by atoms with Gasteiger partial charge in [-0.25, -0.2) is 0 Å². The molecule has 2 N–H and O–H groups in total. The number of Topliss-reactive ketones (excluding diaryl/α,β-unsaturated/α-hetero) is 1. The molecule has 4 nitrogen and oxygen atoms in total. The average Bonchev–Trinajstić information content (AvgIpc) is 1.88. The second-order valence-corrected chi connectivity index (χ2v) is 2.22. The molecule has 0 saturated carbocycles. The molecule has 0 saturated heterocycles. The first-order valence-corrected chi connectivity index (χ1v) is 3.04. The lowest BCUT2D eigenvalue weighted by atomic mass is 10.0. The number of aliphatic hydroxyl groups is 1. The zero-order chi connectivity index (χ0) is 9.02. The molecule has 0 aliphatic heterocycles. The van der Waals surface area contributed by atoms with Crippen molar-refractivity contribution in [2.75, 3.05) is 6.61 Å². The topological polar surface area (TPSA) is 74.6 Å². The molecule has 62 valence electrons. The Hall–Kier alpha value is -1.16. The van der Waals surface area contributed by atoms with Crippen LogP contribution in [0.15, 0.2) is 12.2 Å². The number of carbonyl (C=O) groups is 2. The number of hydrogen-bond donors (Lipinski definition) is 2. The Morgan fingerprint density at radius 2 is 2.00 bits per heavy atom. The molecule has 0 aliphatic carbocycles. The van der Waals surface area contributed by atoms with Gasteiger partial charge in [-0.3, -0.25) is 9.59 Å². The van der Waals surface area contributed by atoms with E-state index in [2.05, 4.69) is 6.58 Å². The summed E-state index contributed by atoms with van der Waals surface area (Å²) in [6.45, 7) is 4.01. The second kappa shape index (κ2) is 3.88. The predicted molar refractivity (Wildman–Crippen MR) is 38.0 cm³/mol. The number of carboxylic acid groups (broad SMARTS) is 1. The predicted octanol–water partition coefficient (Wildman–Crippen LogP) is -0.175. The third-order valence-electron chi connectivity index (χ3n) is 1.22. The summed E-state index contributed by atoms with van der Waals surface area (Å²) >= 11 is 0. The van der Waals surface area contributed by atoms with E-state index >= 15 is 0 Å². The Bertz CT molecular complexity index is 195. The van der Waals surface area contributed by atoms with E-state index in [4.69, 9.17) is 10.2 Å². The minimum Gasteiger partial charge on any atom is -0.481 e. The largest absolute Gasteiger partial charge is 0.481 e. The first-order chi connectivity index (χ1) is 5.00. The highest BCUT2D eigenvalue weighted by Crippen LogP contribution is 2.04. The van der Waals surface area contributed by atoms with Crippen molar-refractivity contribution in [1.82, 2.24) is 0 Å². The maximum atomic E-state index is 10.9. The van der Waals surface area contributed by atoms with Crippen molar-refractivity contribution in [3.05, 3.63) is 12.2 Å². The lowest BCUT2D eigenvalue weighted by Gasteiger charge is -2.05. The molecular weight excluding hydrogens is 148 g/mol. The van der Waals surface area contributed by atoms with Gasteiger partial charge in [0.05, 0.1) is 6.61 Å². The smallest absolute Gasteiger partial charge is 0.316 e. The van der Waals surface area contributed by atoms with Crippen LogP contribution < -0.4 is 0 Å². The molecule has 0 aromatic heterocycles. The van der Waals surface area contributed by atoms with E-state index in [0.717, 1.165) is 0 Å². The van der Waals surface area contributed by atoms with Crippen molar-refractivity contribution < 1.29 is 19.8 Å². The molecule has 11 heavy (non-hydrogen) atoms. The molecule has 0 radical (unpaired) electrons. The normalized spacial score (nSPS) is 12.2. The Kier molecular flexibility index (Phi) is 3.47. The Morgan fingerprint density at radius 3 is 2.09 bits per heavy atom. The second-order valence-electron chi connectivity index (χ2n) is 2.22. The lowest BCUT2D eigenvalue weighted by Crippen LogP contribution is -2.27. The molecule has 0 spiro atoms. The maximum Gasteiger partial charge on any atom is 0.316 e. The van der Waals surface area contributed by atoms with Gasteiger partial charge in [0.1, 0.15) is 5.92 Å².